The second-order valence-electron chi connectivity index (χ2n) is 9.99. The highest BCUT2D eigenvalue weighted by Gasteiger charge is 2.48. The van der Waals surface area contributed by atoms with Crippen molar-refractivity contribution in [3.05, 3.63) is 47.2 Å². The highest BCUT2D eigenvalue weighted by Crippen LogP contribution is 2.53. The third-order valence-electron chi connectivity index (χ3n) is 7.68. The van der Waals surface area contributed by atoms with Gasteiger partial charge in [-0.15, -0.1) is 11.8 Å². The molecule has 0 saturated heterocycles. The Morgan fingerprint density at radius 2 is 1.88 bits per heavy atom. The van der Waals surface area contributed by atoms with Crippen LogP contribution in [-0.4, -0.2) is 40.6 Å². The van der Waals surface area contributed by atoms with E-state index in [1.54, 1.807) is 24.0 Å². The second-order valence-corrected chi connectivity index (χ2v) is 11.1. The first kappa shape index (κ1) is 22.5. The van der Waals surface area contributed by atoms with Crippen molar-refractivity contribution in [3.8, 4) is 0 Å². The number of carbonyl (C=O) groups is 2. The lowest BCUT2D eigenvalue weighted by molar-refractivity contribution is -0.0120. The van der Waals surface area contributed by atoms with Crippen molar-refractivity contribution in [2.45, 2.75) is 63.1 Å². The molecule has 0 spiro atoms. The van der Waals surface area contributed by atoms with E-state index >= 15 is 0 Å². The molecule has 176 valence electrons. The van der Waals surface area contributed by atoms with Gasteiger partial charge in [0.05, 0.1) is 31.0 Å². The Labute approximate surface area is 199 Å². The summed E-state index contributed by atoms with van der Waals surface area (Å²) in [4.78, 5) is 25.3. The fourth-order valence-electron chi connectivity index (χ4n) is 6.47. The summed E-state index contributed by atoms with van der Waals surface area (Å²) in [5.74, 6) is 3.65. The number of hydrogen-bond donors (Lipinski definition) is 1. The summed E-state index contributed by atoms with van der Waals surface area (Å²) < 4.78 is 6.74. The summed E-state index contributed by atoms with van der Waals surface area (Å²) in [6.07, 6.45) is 9.28. The summed E-state index contributed by atoms with van der Waals surface area (Å²) in [6, 6.07) is 7.71. The van der Waals surface area contributed by atoms with E-state index in [4.69, 9.17) is 4.74 Å². The van der Waals surface area contributed by atoms with Crippen molar-refractivity contribution in [2.24, 2.45) is 23.7 Å². The van der Waals surface area contributed by atoms with Gasteiger partial charge in [-0.05, 0) is 85.6 Å². The van der Waals surface area contributed by atoms with Crippen molar-refractivity contribution < 1.29 is 14.3 Å². The third kappa shape index (κ3) is 4.57. The highest BCUT2D eigenvalue weighted by atomic mass is 32.2. The topological polar surface area (TPSA) is 73.2 Å². The van der Waals surface area contributed by atoms with Crippen molar-refractivity contribution in [2.75, 3.05) is 12.9 Å². The second kappa shape index (κ2) is 9.53. The number of thioether (sulfide) groups is 1. The van der Waals surface area contributed by atoms with Gasteiger partial charge in [-0.3, -0.25) is 9.48 Å². The Bertz CT molecular complexity index is 1010. The molecule has 0 atom stereocenters. The first-order valence-electron chi connectivity index (χ1n) is 12.2. The Morgan fingerprint density at radius 1 is 1.15 bits per heavy atom. The van der Waals surface area contributed by atoms with Crippen LogP contribution in [0.25, 0.3) is 0 Å². The number of rotatable bonds is 8. The van der Waals surface area contributed by atoms with Gasteiger partial charge in [-0.2, -0.15) is 5.10 Å². The van der Waals surface area contributed by atoms with E-state index in [9.17, 15) is 9.59 Å². The molecule has 4 aliphatic carbocycles. The van der Waals surface area contributed by atoms with Gasteiger partial charge in [-0.1, -0.05) is 19.1 Å². The van der Waals surface area contributed by atoms with Gasteiger partial charge < -0.3 is 10.1 Å². The van der Waals surface area contributed by atoms with Gasteiger partial charge in [0.2, 0.25) is 0 Å². The molecule has 6 rings (SSSR count). The molecule has 4 aliphatic rings. The number of carbonyl (C=O) groups excluding carboxylic acids is 2. The van der Waals surface area contributed by atoms with Crippen LogP contribution in [0.4, 0.5) is 0 Å². The molecule has 0 unspecified atom stereocenters. The molecule has 0 radical (unpaired) electrons. The zero-order chi connectivity index (χ0) is 22.9. The smallest absolute Gasteiger partial charge is 0.337 e. The van der Waals surface area contributed by atoms with Crippen LogP contribution in [0.1, 0.15) is 71.7 Å². The molecule has 4 fully saturated rings. The molecule has 1 heterocycles. The Hall–Kier alpha value is -2.28. The number of nitrogens with one attached hydrogen (secondary N) is 1. The number of amides is 1. The average Bonchev–Trinajstić information content (AvgIpc) is 3.21. The summed E-state index contributed by atoms with van der Waals surface area (Å²) >= 11 is 1.68. The molecule has 1 aromatic carbocycles. The number of nitrogens with zero attached hydrogens (tertiary/aromatic N) is 2. The Kier molecular flexibility index (Phi) is 6.50. The van der Waals surface area contributed by atoms with E-state index in [0.29, 0.717) is 35.5 Å². The van der Waals surface area contributed by atoms with E-state index in [1.165, 1.54) is 39.2 Å². The predicted molar refractivity (Wildman–Crippen MR) is 128 cm³/mol. The first-order chi connectivity index (χ1) is 16.1. The van der Waals surface area contributed by atoms with E-state index in [0.717, 1.165) is 34.6 Å². The van der Waals surface area contributed by atoms with Crippen molar-refractivity contribution in [1.82, 2.24) is 15.1 Å². The Morgan fingerprint density at radius 3 is 2.55 bits per heavy atom. The molecular weight excluding hydrogens is 434 g/mol. The van der Waals surface area contributed by atoms with Crippen LogP contribution in [-0.2, 0) is 11.3 Å². The molecule has 1 aromatic heterocycles. The first-order valence-corrected chi connectivity index (χ1v) is 13.2. The number of ether oxygens (including phenoxy) is 1. The molecule has 2 aromatic rings. The lowest BCUT2D eigenvalue weighted by atomic mass is 9.54. The van der Waals surface area contributed by atoms with Crippen LogP contribution >= 0.6 is 11.8 Å². The zero-order valence-electron chi connectivity index (χ0n) is 19.5. The van der Waals surface area contributed by atoms with E-state index in [-0.39, 0.29) is 11.9 Å². The van der Waals surface area contributed by atoms with Crippen LogP contribution in [0.2, 0.25) is 0 Å². The van der Waals surface area contributed by atoms with Crippen LogP contribution in [0.15, 0.2) is 35.5 Å². The molecule has 4 bridgehead atoms. The lowest BCUT2D eigenvalue weighted by Gasteiger charge is -2.54. The van der Waals surface area contributed by atoms with Gasteiger partial charge in [0.1, 0.15) is 5.03 Å². The van der Waals surface area contributed by atoms with Crippen LogP contribution in [0, 0.1) is 23.7 Å². The average molecular weight is 468 g/mol. The largest absolute Gasteiger partial charge is 0.465 e. The fraction of sp³-hybridized carbons (Fsp3) is 0.577. The van der Waals surface area contributed by atoms with Gasteiger partial charge >= 0.3 is 5.97 Å². The van der Waals surface area contributed by atoms with E-state index in [1.807, 2.05) is 22.9 Å². The Balaban J connectivity index is 1.35. The number of benzene rings is 1. The number of hydrogen-bond acceptors (Lipinski definition) is 5. The fourth-order valence-corrected chi connectivity index (χ4v) is 7.43. The predicted octanol–water partition coefficient (Wildman–Crippen LogP) is 4.77. The maximum atomic E-state index is 13.4. The molecule has 4 saturated carbocycles. The highest BCUT2D eigenvalue weighted by molar-refractivity contribution is 7.99. The summed E-state index contributed by atoms with van der Waals surface area (Å²) in [7, 11) is 1.39. The third-order valence-corrected chi connectivity index (χ3v) is 9.00. The van der Waals surface area contributed by atoms with Crippen molar-refractivity contribution >= 4 is 23.6 Å². The SMILES string of the molecule is CCCSc1c(C(=O)NC2C3CC4CC(C3)CC2C4)cnn1Cc1cccc(C(=O)OC)c1. The van der Waals surface area contributed by atoms with Gasteiger partial charge in [0.25, 0.3) is 5.91 Å². The maximum absolute atomic E-state index is 13.4. The summed E-state index contributed by atoms with van der Waals surface area (Å²) in [6.45, 7) is 2.64. The molecule has 33 heavy (non-hydrogen) atoms. The maximum Gasteiger partial charge on any atom is 0.337 e. The van der Waals surface area contributed by atoms with Gasteiger partial charge in [0, 0.05) is 6.04 Å². The molecule has 1 N–H and O–H groups in total. The van der Waals surface area contributed by atoms with Crippen LogP contribution < -0.4 is 5.32 Å². The summed E-state index contributed by atoms with van der Waals surface area (Å²) in [5, 5.41) is 8.92. The number of aromatic nitrogens is 2. The molecule has 1 amide bonds. The van der Waals surface area contributed by atoms with E-state index in [2.05, 4.69) is 17.3 Å². The molecular formula is C26H33N3O3S. The normalized spacial score (nSPS) is 27.5. The summed E-state index contributed by atoms with van der Waals surface area (Å²) in [5.41, 5.74) is 2.14. The molecule has 7 heteroatoms. The monoisotopic (exact) mass is 467 g/mol. The van der Waals surface area contributed by atoms with Gasteiger partial charge in [-0.25, -0.2) is 4.79 Å². The minimum atomic E-state index is -0.353. The number of methoxy groups -OCH3 is 1. The standard InChI is InChI=1S/C26H33N3O3S/c1-3-7-33-25-22(14-27-29(25)15-16-5-4-6-19(9-16)26(31)32-2)24(30)28-23-20-10-17-8-18(12-20)13-21(23)11-17/h4-6,9,14,17-18,20-21,23H,3,7-8,10-13,15H2,1-2H3,(H,28,30). The molecule has 6 nitrogen and oxygen atoms in total. The minimum Gasteiger partial charge on any atom is -0.465 e. The quantitative estimate of drug-likeness (QED) is 0.447. The van der Waals surface area contributed by atoms with Crippen molar-refractivity contribution in [3.63, 3.8) is 0 Å². The molecule has 0 aliphatic heterocycles. The van der Waals surface area contributed by atoms with Crippen LogP contribution in [0.3, 0.4) is 0 Å². The minimum absolute atomic E-state index is 0.0145. The van der Waals surface area contributed by atoms with Gasteiger partial charge in [0.15, 0.2) is 0 Å². The van der Waals surface area contributed by atoms with E-state index < -0.39 is 0 Å². The van der Waals surface area contributed by atoms with Crippen LogP contribution in [0.5, 0.6) is 0 Å². The zero-order valence-corrected chi connectivity index (χ0v) is 20.3. The number of esters is 1. The van der Waals surface area contributed by atoms with Crippen molar-refractivity contribution in [1.29, 1.82) is 0 Å². The lowest BCUT2D eigenvalue weighted by Crippen LogP contribution is -2.55.